The molecule has 0 saturated carbocycles. The number of carbonyl (C=O) groups excluding carboxylic acids is 1. The summed E-state index contributed by atoms with van der Waals surface area (Å²) in [5.74, 6) is -0.349. The highest BCUT2D eigenvalue weighted by Gasteiger charge is 2.26. The molecule has 2 aromatic rings. The van der Waals surface area contributed by atoms with Crippen molar-refractivity contribution in [2.45, 2.75) is 40.2 Å². The Labute approximate surface area is 161 Å². The van der Waals surface area contributed by atoms with Crippen molar-refractivity contribution in [3.8, 4) is 0 Å². The van der Waals surface area contributed by atoms with Gasteiger partial charge in [-0.3, -0.25) is 24.0 Å². The summed E-state index contributed by atoms with van der Waals surface area (Å²) >= 11 is 1.51. The Morgan fingerprint density at radius 2 is 2.07 bits per heavy atom. The molecule has 0 saturated heterocycles. The first-order valence-corrected chi connectivity index (χ1v) is 9.63. The second kappa shape index (κ2) is 9.01. The monoisotopic (exact) mass is 394 g/mol. The van der Waals surface area contributed by atoms with Gasteiger partial charge in [0.15, 0.2) is 5.69 Å². The maximum atomic E-state index is 13.2. The predicted molar refractivity (Wildman–Crippen MR) is 108 cm³/mol. The zero-order valence-corrected chi connectivity index (χ0v) is 16.9. The summed E-state index contributed by atoms with van der Waals surface area (Å²) in [5.41, 5.74) is 5.41. The number of H-pyrrole nitrogens is 1. The molecule has 0 atom stereocenters. The molecular weight excluding hydrogens is 368 g/mol. The number of hydrogen-bond donors (Lipinski definition) is 2. The Kier molecular flexibility index (Phi) is 6.98. The summed E-state index contributed by atoms with van der Waals surface area (Å²) in [4.78, 5) is 43.3. The van der Waals surface area contributed by atoms with Crippen molar-refractivity contribution in [1.82, 2.24) is 9.55 Å². The van der Waals surface area contributed by atoms with Gasteiger partial charge in [0.2, 0.25) is 0 Å². The van der Waals surface area contributed by atoms with Crippen LogP contribution in [0.2, 0.25) is 0 Å². The molecule has 2 aromatic heterocycles. The fourth-order valence-corrected chi connectivity index (χ4v) is 3.78. The third-order valence-electron chi connectivity index (χ3n) is 4.25. The molecule has 0 unspecified atom stereocenters. The lowest BCUT2D eigenvalue weighted by Gasteiger charge is -2.24. The molecule has 3 N–H and O–H groups in total. The van der Waals surface area contributed by atoms with Crippen LogP contribution in [-0.2, 0) is 11.3 Å². The van der Waals surface area contributed by atoms with Crippen LogP contribution in [0.3, 0.4) is 0 Å². The lowest BCUT2D eigenvalue weighted by molar-refractivity contribution is 0.0975. The molecule has 0 fully saturated rings. The van der Waals surface area contributed by atoms with E-state index in [9.17, 15) is 14.4 Å². The maximum absolute atomic E-state index is 13.2. The maximum Gasteiger partial charge on any atom is 0.330 e. The van der Waals surface area contributed by atoms with Crippen LogP contribution in [0.4, 0.5) is 11.5 Å². The number of nitrogens with zero attached hydrogens (tertiary/aromatic N) is 2. The third kappa shape index (κ3) is 4.48. The average molecular weight is 394 g/mol. The number of ether oxygens (including phenoxy) is 1. The van der Waals surface area contributed by atoms with Gasteiger partial charge < -0.3 is 10.5 Å². The smallest absolute Gasteiger partial charge is 0.330 e. The van der Waals surface area contributed by atoms with Crippen LogP contribution >= 0.6 is 11.3 Å². The normalized spacial score (nSPS) is 11.0. The summed E-state index contributed by atoms with van der Waals surface area (Å²) in [6.45, 7) is 6.50. The zero-order valence-electron chi connectivity index (χ0n) is 16.1. The van der Waals surface area contributed by atoms with Gasteiger partial charge in [-0.2, -0.15) is 0 Å². The van der Waals surface area contributed by atoms with Crippen LogP contribution < -0.4 is 21.9 Å². The number of nitrogens with one attached hydrogen (secondary N) is 1. The molecule has 0 spiro atoms. The van der Waals surface area contributed by atoms with Crippen molar-refractivity contribution in [2.24, 2.45) is 0 Å². The van der Waals surface area contributed by atoms with E-state index >= 15 is 0 Å². The van der Waals surface area contributed by atoms with Crippen molar-refractivity contribution in [3.63, 3.8) is 0 Å². The number of nitrogens with two attached hydrogens (primary N) is 1. The van der Waals surface area contributed by atoms with E-state index in [1.165, 1.54) is 27.9 Å². The largest absolute Gasteiger partial charge is 0.383 e. The van der Waals surface area contributed by atoms with E-state index < -0.39 is 11.2 Å². The lowest BCUT2D eigenvalue weighted by atomic mass is 10.2. The van der Waals surface area contributed by atoms with Crippen LogP contribution in [0, 0.1) is 13.8 Å². The van der Waals surface area contributed by atoms with Crippen LogP contribution in [0.5, 0.6) is 0 Å². The molecule has 148 valence electrons. The van der Waals surface area contributed by atoms with Gasteiger partial charge in [0.25, 0.3) is 11.5 Å². The topological polar surface area (TPSA) is 110 Å². The highest BCUT2D eigenvalue weighted by atomic mass is 32.1. The van der Waals surface area contributed by atoms with E-state index in [-0.39, 0.29) is 30.6 Å². The molecule has 0 bridgehead atoms. The summed E-state index contributed by atoms with van der Waals surface area (Å²) in [7, 11) is 1.51. The standard InChI is InChI=1S/C18H26N4O4S/c1-5-6-7-22-15(19)14(16(23)20-18(22)25)21(8-9-26-4)17(24)13-10-11(2)27-12(13)3/h10H,5-9,19H2,1-4H3,(H,20,23,25). The number of rotatable bonds is 8. The van der Waals surface area contributed by atoms with Crippen molar-refractivity contribution in [2.75, 3.05) is 30.9 Å². The van der Waals surface area contributed by atoms with Crippen molar-refractivity contribution >= 4 is 28.7 Å². The summed E-state index contributed by atoms with van der Waals surface area (Å²) in [5, 5.41) is 0. The average Bonchev–Trinajstić information content (AvgIpc) is 2.95. The summed E-state index contributed by atoms with van der Waals surface area (Å²) in [6, 6.07) is 1.79. The number of methoxy groups -OCH3 is 1. The number of aromatic amines is 1. The molecule has 2 rings (SSSR count). The van der Waals surface area contributed by atoms with Gasteiger partial charge in [0, 0.05) is 30.0 Å². The Hall–Kier alpha value is -2.39. The molecule has 27 heavy (non-hydrogen) atoms. The van der Waals surface area contributed by atoms with E-state index in [0.29, 0.717) is 12.1 Å². The highest BCUT2D eigenvalue weighted by molar-refractivity contribution is 7.12. The van der Waals surface area contributed by atoms with Gasteiger partial charge in [-0.15, -0.1) is 11.3 Å². The molecule has 0 radical (unpaired) electrons. The minimum Gasteiger partial charge on any atom is -0.383 e. The number of carbonyl (C=O) groups is 1. The Balaban J connectivity index is 2.59. The molecule has 8 nitrogen and oxygen atoms in total. The molecular formula is C18H26N4O4S. The van der Waals surface area contributed by atoms with E-state index in [2.05, 4.69) is 4.98 Å². The van der Waals surface area contributed by atoms with E-state index in [1.54, 1.807) is 6.07 Å². The Morgan fingerprint density at radius 3 is 2.63 bits per heavy atom. The van der Waals surface area contributed by atoms with Gasteiger partial charge in [-0.1, -0.05) is 13.3 Å². The van der Waals surface area contributed by atoms with Gasteiger partial charge >= 0.3 is 5.69 Å². The van der Waals surface area contributed by atoms with Crippen LogP contribution in [-0.4, -0.2) is 35.7 Å². The summed E-state index contributed by atoms with van der Waals surface area (Å²) < 4.78 is 6.41. The molecule has 0 aliphatic carbocycles. The van der Waals surface area contributed by atoms with E-state index in [1.807, 2.05) is 20.8 Å². The van der Waals surface area contributed by atoms with Crippen molar-refractivity contribution in [1.29, 1.82) is 0 Å². The first-order valence-electron chi connectivity index (χ1n) is 8.82. The first-order chi connectivity index (χ1) is 12.8. The number of amides is 1. The number of unbranched alkanes of at least 4 members (excludes halogenated alkanes) is 1. The second-order valence-electron chi connectivity index (χ2n) is 6.27. The molecule has 9 heteroatoms. The fraction of sp³-hybridized carbons (Fsp3) is 0.500. The van der Waals surface area contributed by atoms with Gasteiger partial charge in [0.05, 0.1) is 12.2 Å². The quantitative estimate of drug-likeness (QED) is 0.710. The zero-order chi connectivity index (χ0) is 20.1. The Morgan fingerprint density at radius 1 is 1.37 bits per heavy atom. The van der Waals surface area contributed by atoms with Gasteiger partial charge in [-0.05, 0) is 26.3 Å². The van der Waals surface area contributed by atoms with Gasteiger partial charge in [-0.25, -0.2) is 4.79 Å². The molecule has 1 amide bonds. The summed E-state index contributed by atoms with van der Waals surface area (Å²) in [6.07, 6.45) is 1.59. The third-order valence-corrected chi connectivity index (χ3v) is 5.22. The number of anilines is 2. The minimum atomic E-state index is -0.681. The molecule has 2 heterocycles. The fourth-order valence-electron chi connectivity index (χ4n) is 2.86. The molecule has 0 aromatic carbocycles. The number of nitrogen functional groups attached to an aromatic ring is 1. The Bertz CT molecular complexity index is 928. The number of aromatic nitrogens is 2. The molecule has 0 aliphatic heterocycles. The van der Waals surface area contributed by atoms with E-state index in [0.717, 1.165) is 22.6 Å². The second-order valence-corrected chi connectivity index (χ2v) is 7.74. The first kappa shape index (κ1) is 20.9. The molecule has 0 aliphatic rings. The SMILES string of the molecule is CCCCn1c(N)c(N(CCOC)C(=O)c2cc(C)sc2C)c(=O)[nH]c1=O. The predicted octanol–water partition coefficient (Wildman–Crippen LogP) is 1.89. The lowest BCUT2D eigenvalue weighted by Crippen LogP contribution is -2.42. The van der Waals surface area contributed by atoms with Crippen LogP contribution in [0.25, 0.3) is 0 Å². The van der Waals surface area contributed by atoms with Crippen LogP contribution in [0.1, 0.15) is 39.9 Å². The minimum absolute atomic E-state index is 0.00809. The number of hydrogen-bond acceptors (Lipinski definition) is 6. The number of aryl methyl sites for hydroxylation is 2. The van der Waals surface area contributed by atoms with Gasteiger partial charge in [0.1, 0.15) is 5.82 Å². The van der Waals surface area contributed by atoms with Crippen molar-refractivity contribution < 1.29 is 9.53 Å². The highest BCUT2D eigenvalue weighted by Crippen LogP contribution is 2.25. The number of thiophene rings is 1. The van der Waals surface area contributed by atoms with Crippen LogP contribution in [0.15, 0.2) is 15.7 Å². The van der Waals surface area contributed by atoms with Crippen molar-refractivity contribution in [3.05, 3.63) is 42.2 Å². The van der Waals surface area contributed by atoms with E-state index in [4.69, 9.17) is 10.5 Å².